The molecule has 2 aromatic rings. The first-order valence-electron chi connectivity index (χ1n) is 8.29. The van der Waals surface area contributed by atoms with Crippen LogP contribution in [0.4, 0.5) is 0 Å². The highest BCUT2D eigenvalue weighted by Crippen LogP contribution is 2.14. The van der Waals surface area contributed by atoms with E-state index in [4.69, 9.17) is 14.2 Å². The fraction of sp³-hybridized carbons (Fsp3) is 0.300. The number of nitrogens with one attached hydrogen (secondary N) is 1. The monoisotopic (exact) mass is 357 g/mol. The summed E-state index contributed by atoms with van der Waals surface area (Å²) in [5, 5.41) is 2.79. The molecule has 0 saturated carbocycles. The molecule has 0 fully saturated rings. The van der Waals surface area contributed by atoms with Gasteiger partial charge in [-0.15, -0.1) is 0 Å². The highest BCUT2D eigenvalue weighted by molar-refractivity contribution is 5.94. The summed E-state index contributed by atoms with van der Waals surface area (Å²) in [5.41, 5.74) is 1.51. The Kier molecular flexibility index (Phi) is 7.64. The standard InChI is InChI=1S/C20H23NO5/c1-15(22)17-4-3-5-19(12-17)26-14-20(23)21-13-16-6-8-18(9-7-16)25-11-10-24-2/h3-9,12H,10-11,13-14H2,1-2H3,(H,21,23). The average molecular weight is 357 g/mol. The van der Waals surface area contributed by atoms with Crippen molar-refractivity contribution in [2.24, 2.45) is 0 Å². The Morgan fingerprint density at radius 1 is 0.962 bits per heavy atom. The minimum absolute atomic E-state index is 0.0467. The molecule has 0 aliphatic rings. The van der Waals surface area contributed by atoms with Crippen LogP contribution in [-0.2, 0) is 16.1 Å². The summed E-state index contributed by atoms with van der Waals surface area (Å²) in [6, 6.07) is 14.2. The Labute approximate surface area is 153 Å². The van der Waals surface area contributed by atoms with Gasteiger partial charge >= 0.3 is 0 Å². The first kappa shape index (κ1) is 19.5. The molecule has 1 amide bonds. The fourth-order valence-corrected chi connectivity index (χ4v) is 2.15. The second kappa shape index (κ2) is 10.2. The molecule has 6 nitrogen and oxygen atoms in total. The number of hydrogen-bond donors (Lipinski definition) is 1. The van der Waals surface area contributed by atoms with E-state index in [2.05, 4.69) is 5.32 Å². The van der Waals surface area contributed by atoms with Gasteiger partial charge in [0.05, 0.1) is 6.61 Å². The predicted molar refractivity (Wildman–Crippen MR) is 97.6 cm³/mol. The Morgan fingerprint density at radius 2 is 1.73 bits per heavy atom. The predicted octanol–water partition coefficient (Wildman–Crippen LogP) is 2.61. The molecule has 0 bridgehead atoms. The summed E-state index contributed by atoms with van der Waals surface area (Å²) < 4.78 is 15.8. The molecule has 0 spiro atoms. The lowest BCUT2D eigenvalue weighted by atomic mass is 10.1. The van der Waals surface area contributed by atoms with Crippen molar-refractivity contribution in [1.29, 1.82) is 0 Å². The number of ether oxygens (including phenoxy) is 3. The minimum Gasteiger partial charge on any atom is -0.491 e. The molecule has 2 rings (SSSR count). The number of methoxy groups -OCH3 is 1. The van der Waals surface area contributed by atoms with Gasteiger partial charge in [-0.05, 0) is 36.8 Å². The zero-order valence-corrected chi connectivity index (χ0v) is 15.0. The number of rotatable bonds is 10. The van der Waals surface area contributed by atoms with Crippen molar-refractivity contribution in [2.75, 3.05) is 26.9 Å². The summed E-state index contributed by atoms with van der Waals surface area (Å²) in [6.45, 7) is 2.80. The van der Waals surface area contributed by atoms with Crippen molar-refractivity contribution in [3.63, 3.8) is 0 Å². The molecule has 0 heterocycles. The summed E-state index contributed by atoms with van der Waals surface area (Å²) in [7, 11) is 1.62. The van der Waals surface area contributed by atoms with E-state index in [0.29, 0.717) is 31.1 Å². The smallest absolute Gasteiger partial charge is 0.258 e. The quantitative estimate of drug-likeness (QED) is 0.523. The van der Waals surface area contributed by atoms with Gasteiger partial charge in [0.1, 0.15) is 18.1 Å². The van der Waals surface area contributed by atoms with Crippen molar-refractivity contribution in [2.45, 2.75) is 13.5 Å². The van der Waals surface area contributed by atoms with Crippen LogP contribution < -0.4 is 14.8 Å². The van der Waals surface area contributed by atoms with E-state index in [9.17, 15) is 9.59 Å². The zero-order valence-electron chi connectivity index (χ0n) is 15.0. The van der Waals surface area contributed by atoms with Crippen LogP contribution in [0.5, 0.6) is 11.5 Å². The van der Waals surface area contributed by atoms with E-state index in [1.165, 1.54) is 6.92 Å². The first-order valence-corrected chi connectivity index (χ1v) is 8.29. The summed E-state index contributed by atoms with van der Waals surface area (Å²) in [6.07, 6.45) is 0. The summed E-state index contributed by atoms with van der Waals surface area (Å²) in [4.78, 5) is 23.3. The molecular weight excluding hydrogens is 334 g/mol. The van der Waals surface area contributed by atoms with Gasteiger partial charge in [-0.2, -0.15) is 0 Å². The van der Waals surface area contributed by atoms with Crippen molar-refractivity contribution >= 4 is 11.7 Å². The third-order valence-corrected chi connectivity index (χ3v) is 3.58. The molecule has 0 radical (unpaired) electrons. The zero-order chi connectivity index (χ0) is 18.8. The van der Waals surface area contributed by atoms with Crippen LogP contribution in [0.15, 0.2) is 48.5 Å². The van der Waals surface area contributed by atoms with Gasteiger partial charge in [0.15, 0.2) is 12.4 Å². The Bertz CT molecular complexity index is 727. The lowest BCUT2D eigenvalue weighted by Gasteiger charge is -2.09. The lowest BCUT2D eigenvalue weighted by molar-refractivity contribution is -0.123. The lowest BCUT2D eigenvalue weighted by Crippen LogP contribution is -2.28. The number of benzene rings is 2. The minimum atomic E-state index is -0.237. The largest absolute Gasteiger partial charge is 0.491 e. The molecule has 0 aromatic heterocycles. The molecular formula is C20H23NO5. The molecule has 0 saturated heterocycles. The number of ketones is 1. The average Bonchev–Trinajstić information content (AvgIpc) is 2.66. The second-order valence-electron chi connectivity index (χ2n) is 5.63. The van der Waals surface area contributed by atoms with Crippen LogP contribution in [0, 0.1) is 0 Å². The highest BCUT2D eigenvalue weighted by atomic mass is 16.5. The maximum atomic E-state index is 11.9. The van der Waals surface area contributed by atoms with Crippen LogP contribution in [0.3, 0.4) is 0 Å². The van der Waals surface area contributed by atoms with Gasteiger partial charge < -0.3 is 19.5 Å². The van der Waals surface area contributed by atoms with E-state index in [-0.39, 0.29) is 18.3 Å². The van der Waals surface area contributed by atoms with Crippen LogP contribution in [0.25, 0.3) is 0 Å². The van der Waals surface area contributed by atoms with E-state index in [1.54, 1.807) is 31.4 Å². The van der Waals surface area contributed by atoms with Gasteiger partial charge in [0.25, 0.3) is 5.91 Å². The highest BCUT2D eigenvalue weighted by Gasteiger charge is 2.05. The molecule has 0 unspecified atom stereocenters. The number of carbonyl (C=O) groups is 2. The van der Waals surface area contributed by atoms with E-state index >= 15 is 0 Å². The van der Waals surface area contributed by atoms with Crippen LogP contribution in [-0.4, -0.2) is 38.6 Å². The fourth-order valence-electron chi connectivity index (χ4n) is 2.15. The summed E-state index contributed by atoms with van der Waals surface area (Å²) in [5.74, 6) is 0.962. The Balaban J connectivity index is 1.74. The maximum absolute atomic E-state index is 11.9. The van der Waals surface area contributed by atoms with Gasteiger partial charge in [0.2, 0.25) is 0 Å². The maximum Gasteiger partial charge on any atom is 0.258 e. The first-order chi connectivity index (χ1) is 12.6. The van der Waals surface area contributed by atoms with Gasteiger partial charge in [-0.25, -0.2) is 0 Å². The van der Waals surface area contributed by atoms with Gasteiger partial charge in [-0.1, -0.05) is 24.3 Å². The molecule has 0 aliphatic heterocycles. The molecule has 26 heavy (non-hydrogen) atoms. The Morgan fingerprint density at radius 3 is 2.42 bits per heavy atom. The van der Waals surface area contributed by atoms with E-state index < -0.39 is 0 Å². The van der Waals surface area contributed by atoms with Crippen LogP contribution >= 0.6 is 0 Å². The van der Waals surface area contributed by atoms with Gasteiger partial charge in [0, 0.05) is 19.2 Å². The van der Waals surface area contributed by atoms with Gasteiger partial charge in [-0.3, -0.25) is 9.59 Å². The molecule has 1 N–H and O–H groups in total. The molecule has 0 aliphatic carbocycles. The molecule has 2 aromatic carbocycles. The van der Waals surface area contributed by atoms with Crippen LogP contribution in [0.1, 0.15) is 22.8 Å². The van der Waals surface area contributed by atoms with Crippen molar-refractivity contribution in [3.8, 4) is 11.5 Å². The normalized spacial score (nSPS) is 10.2. The van der Waals surface area contributed by atoms with Crippen molar-refractivity contribution in [3.05, 3.63) is 59.7 Å². The van der Waals surface area contributed by atoms with Crippen molar-refractivity contribution in [1.82, 2.24) is 5.32 Å². The number of amides is 1. The second-order valence-corrected chi connectivity index (χ2v) is 5.63. The molecule has 138 valence electrons. The Hall–Kier alpha value is -2.86. The number of hydrogen-bond acceptors (Lipinski definition) is 5. The van der Waals surface area contributed by atoms with E-state index in [0.717, 1.165) is 11.3 Å². The number of Topliss-reactive ketones (excluding diaryl/α,β-unsaturated/α-hetero) is 1. The van der Waals surface area contributed by atoms with Crippen LogP contribution in [0.2, 0.25) is 0 Å². The third-order valence-electron chi connectivity index (χ3n) is 3.58. The third kappa shape index (κ3) is 6.57. The van der Waals surface area contributed by atoms with Crippen molar-refractivity contribution < 1.29 is 23.8 Å². The molecule has 6 heteroatoms. The van der Waals surface area contributed by atoms with E-state index in [1.807, 2.05) is 24.3 Å². The topological polar surface area (TPSA) is 73.9 Å². The summed E-state index contributed by atoms with van der Waals surface area (Å²) >= 11 is 0. The number of carbonyl (C=O) groups excluding carboxylic acids is 2. The molecule has 0 atom stereocenters. The SMILES string of the molecule is COCCOc1ccc(CNC(=O)COc2cccc(C(C)=O)c2)cc1.